The highest BCUT2D eigenvalue weighted by atomic mass is 32.1. The Balaban J connectivity index is 2.58. The second kappa shape index (κ2) is 4.21. The van der Waals surface area contributed by atoms with Crippen LogP contribution in [0.4, 0.5) is 0 Å². The highest BCUT2D eigenvalue weighted by molar-refractivity contribution is 7.09. The van der Waals surface area contributed by atoms with E-state index in [4.69, 9.17) is 0 Å². The topological polar surface area (TPSA) is 39.2 Å². The Labute approximate surface area is 75.4 Å². The zero-order valence-electron chi connectivity index (χ0n) is 7.16. The van der Waals surface area contributed by atoms with Gasteiger partial charge in [0, 0.05) is 5.38 Å². The van der Waals surface area contributed by atoms with Gasteiger partial charge in [0.15, 0.2) is 0 Å². The molecule has 0 atom stereocenters. The van der Waals surface area contributed by atoms with Gasteiger partial charge in [0.05, 0.1) is 24.2 Å². The predicted octanol–water partition coefficient (Wildman–Crippen LogP) is 1.42. The van der Waals surface area contributed by atoms with Crippen molar-refractivity contribution in [2.45, 2.75) is 19.8 Å². The molecule has 1 aromatic heterocycles. The van der Waals surface area contributed by atoms with Gasteiger partial charge in [0.2, 0.25) is 0 Å². The number of nitrogens with zero attached hydrogens (tertiary/aromatic N) is 1. The summed E-state index contributed by atoms with van der Waals surface area (Å²) >= 11 is 1.58. The van der Waals surface area contributed by atoms with Gasteiger partial charge in [-0.1, -0.05) is 6.92 Å². The molecule has 0 bridgehead atoms. The van der Waals surface area contributed by atoms with Crippen molar-refractivity contribution in [3.05, 3.63) is 16.1 Å². The number of hydrogen-bond donors (Lipinski definition) is 0. The molecule has 0 aromatic carbocycles. The number of thiazole rings is 1. The quantitative estimate of drug-likeness (QED) is 0.668. The zero-order chi connectivity index (χ0) is 8.97. The molecule has 0 saturated carbocycles. The van der Waals surface area contributed by atoms with Crippen LogP contribution in [0, 0.1) is 0 Å². The van der Waals surface area contributed by atoms with Gasteiger partial charge in [-0.05, 0) is 6.42 Å². The summed E-state index contributed by atoms with van der Waals surface area (Å²) in [6, 6.07) is 0. The number of aromatic nitrogens is 1. The highest BCUT2D eigenvalue weighted by Gasteiger charge is 2.05. The largest absolute Gasteiger partial charge is 0.469 e. The first kappa shape index (κ1) is 9.19. The summed E-state index contributed by atoms with van der Waals surface area (Å²) < 4.78 is 4.52. The molecule has 1 heterocycles. The number of rotatable bonds is 3. The normalized spacial score (nSPS) is 9.83. The smallest absolute Gasteiger partial charge is 0.311 e. The Morgan fingerprint density at radius 2 is 2.50 bits per heavy atom. The van der Waals surface area contributed by atoms with Gasteiger partial charge in [-0.3, -0.25) is 4.79 Å². The first-order valence-electron chi connectivity index (χ1n) is 3.76. The Morgan fingerprint density at radius 1 is 1.75 bits per heavy atom. The van der Waals surface area contributed by atoms with Gasteiger partial charge in [-0.2, -0.15) is 0 Å². The van der Waals surface area contributed by atoms with Gasteiger partial charge in [0.25, 0.3) is 0 Å². The number of carbonyl (C=O) groups is 1. The van der Waals surface area contributed by atoms with Crippen LogP contribution in [0.2, 0.25) is 0 Å². The minimum Gasteiger partial charge on any atom is -0.469 e. The van der Waals surface area contributed by atoms with Crippen LogP contribution in [0.3, 0.4) is 0 Å². The summed E-state index contributed by atoms with van der Waals surface area (Å²) in [5.74, 6) is -0.233. The first-order valence-corrected chi connectivity index (χ1v) is 4.64. The van der Waals surface area contributed by atoms with Crippen molar-refractivity contribution >= 4 is 17.3 Å². The SMILES string of the molecule is CCc1nc(CC(=O)OC)cs1. The molecule has 4 heteroatoms. The van der Waals surface area contributed by atoms with E-state index in [1.807, 2.05) is 12.3 Å². The van der Waals surface area contributed by atoms with E-state index in [2.05, 4.69) is 9.72 Å². The second-order valence-electron chi connectivity index (χ2n) is 2.34. The van der Waals surface area contributed by atoms with E-state index >= 15 is 0 Å². The summed E-state index contributed by atoms with van der Waals surface area (Å²) in [6.45, 7) is 2.04. The lowest BCUT2D eigenvalue weighted by molar-refractivity contribution is -0.139. The monoisotopic (exact) mass is 185 g/mol. The van der Waals surface area contributed by atoms with Gasteiger partial charge in [0.1, 0.15) is 0 Å². The van der Waals surface area contributed by atoms with Gasteiger partial charge < -0.3 is 4.74 Å². The average Bonchev–Trinajstić information content (AvgIpc) is 2.52. The van der Waals surface area contributed by atoms with E-state index in [1.54, 1.807) is 11.3 Å². The molecule has 1 rings (SSSR count). The fourth-order valence-electron chi connectivity index (χ4n) is 0.813. The van der Waals surface area contributed by atoms with Crippen LogP contribution < -0.4 is 0 Å². The number of hydrogen-bond acceptors (Lipinski definition) is 4. The van der Waals surface area contributed by atoms with Crippen LogP contribution in [0.5, 0.6) is 0 Å². The molecule has 0 fully saturated rings. The molecule has 3 nitrogen and oxygen atoms in total. The third-order valence-electron chi connectivity index (χ3n) is 1.45. The molecule has 0 aliphatic rings. The third-order valence-corrected chi connectivity index (χ3v) is 2.50. The minimum absolute atomic E-state index is 0.233. The van der Waals surface area contributed by atoms with Crippen LogP contribution in [-0.2, 0) is 22.4 Å². The number of carbonyl (C=O) groups excluding carboxylic acids is 1. The first-order chi connectivity index (χ1) is 5.76. The van der Waals surface area contributed by atoms with Crippen LogP contribution >= 0.6 is 11.3 Å². The van der Waals surface area contributed by atoms with Crippen molar-refractivity contribution in [3.8, 4) is 0 Å². The lowest BCUT2D eigenvalue weighted by Crippen LogP contribution is -2.04. The lowest BCUT2D eigenvalue weighted by atomic mass is 10.3. The Bertz CT molecular complexity index is 270. The fourth-order valence-corrected chi connectivity index (χ4v) is 1.56. The third kappa shape index (κ3) is 2.30. The van der Waals surface area contributed by atoms with Crippen molar-refractivity contribution in [1.82, 2.24) is 4.98 Å². The van der Waals surface area contributed by atoms with Gasteiger partial charge in [-0.15, -0.1) is 11.3 Å². The number of esters is 1. The van der Waals surface area contributed by atoms with Crippen molar-refractivity contribution in [2.75, 3.05) is 7.11 Å². The van der Waals surface area contributed by atoms with E-state index in [-0.39, 0.29) is 12.4 Å². The molecular formula is C8H11NO2S. The molecule has 0 spiro atoms. The number of methoxy groups -OCH3 is 1. The van der Waals surface area contributed by atoms with Crippen LogP contribution in [-0.4, -0.2) is 18.1 Å². The van der Waals surface area contributed by atoms with Crippen molar-refractivity contribution < 1.29 is 9.53 Å². The number of ether oxygens (including phenoxy) is 1. The Kier molecular flexibility index (Phi) is 3.22. The predicted molar refractivity (Wildman–Crippen MR) is 47.2 cm³/mol. The molecule has 0 saturated heterocycles. The molecule has 0 N–H and O–H groups in total. The molecule has 0 aliphatic heterocycles. The Morgan fingerprint density at radius 3 is 3.00 bits per heavy atom. The molecule has 0 radical (unpaired) electrons. The maximum Gasteiger partial charge on any atom is 0.311 e. The average molecular weight is 185 g/mol. The fraction of sp³-hybridized carbons (Fsp3) is 0.500. The van der Waals surface area contributed by atoms with Crippen LogP contribution in [0.1, 0.15) is 17.6 Å². The Hall–Kier alpha value is -0.900. The standard InChI is InChI=1S/C8H11NO2S/c1-3-7-9-6(5-12-7)4-8(10)11-2/h5H,3-4H2,1-2H3. The second-order valence-corrected chi connectivity index (χ2v) is 3.28. The van der Waals surface area contributed by atoms with E-state index in [1.165, 1.54) is 7.11 Å². The van der Waals surface area contributed by atoms with Crippen molar-refractivity contribution in [2.24, 2.45) is 0 Å². The van der Waals surface area contributed by atoms with Crippen molar-refractivity contribution in [1.29, 1.82) is 0 Å². The summed E-state index contributed by atoms with van der Waals surface area (Å²) in [5, 5.41) is 2.96. The molecule has 1 aromatic rings. The number of aryl methyl sites for hydroxylation is 1. The van der Waals surface area contributed by atoms with E-state index < -0.39 is 0 Å². The maximum absolute atomic E-state index is 10.8. The van der Waals surface area contributed by atoms with Crippen LogP contribution in [0.15, 0.2) is 5.38 Å². The molecule has 12 heavy (non-hydrogen) atoms. The van der Waals surface area contributed by atoms with E-state index in [9.17, 15) is 4.79 Å². The summed E-state index contributed by atoms with van der Waals surface area (Å²) in [7, 11) is 1.38. The molecule has 66 valence electrons. The molecule has 0 unspecified atom stereocenters. The van der Waals surface area contributed by atoms with Crippen LogP contribution in [0.25, 0.3) is 0 Å². The maximum atomic E-state index is 10.8. The summed E-state index contributed by atoms with van der Waals surface area (Å²) in [6.07, 6.45) is 1.21. The minimum atomic E-state index is -0.233. The molecular weight excluding hydrogens is 174 g/mol. The molecule has 0 amide bonds. The van der Waals surface area contributed by atoms with Gasteiger partial charge in [-0.25, -0.2) is 4.98 Å². The van der Waals surface area contributed by atoms with Gasteiger partial charge >= 0.3 is 5.97 Å². The molecule has 0 aliphatic carbocycles. The summed E-state index contributed by atoms with van der Waals surface area (Å²) in [5.41, 5.74) is 0.809. The van der Waals surface area contributed by atoms with Crippen molar-refractivity contribution in [3.63, 3.8) is 0 Å². The lowest BCUT2D eigenvalue weighted by Gasteiger charge is -1.93. The summed E-state index contributed by atoms with van der Waals surface area (Å²) in [4.78, 5) is 15.1. The van der Waals surface area contributed by atoms with E-state index in [0.717, 1.165) is 17.1 Å². The van der Waals surface area contributed by atoms with E-state index in [0.29, 0.717) is 0 Å². The highest BCUT2D eigenvalue weighted by Crippen LogP contribution is 2.10. The zero-order valence-corrected chi connectivity index (χ0v) is 7.98.